The Morgan fingerprint density at radius 1 is 1.12 bits per heavy atom. The molecule has 0 saturated heterocycles. The monoisotopic (exact) mass is 257 g/mol. The Morgan fingerprint density at radius 3 is 1.82 bits per heavy atom. The molecule has 0 unspecified atom stereocenters. The summed E-state index contributed by atoms with van der Waals surface area (Å²) < 4.78 is 31.7. The number of primary amides is 1. The molecule has 0 aromatic rings. The van der Waals surface area contributed by atoms with Crippen molar-refractivity contribution in [2.45, 2.75) is 51.6 Å². The number of amides is 1. The van der Waals surface area contributed by atoms with Crippen LogP contribution < -0.4 is 5.73 Å². The van der Waals surface area contributed by atoms with Gasteiger partial charge in [-0.2, -0.15) is 13.2 Å². The van der Waals surface area contributed by atoms with Crippen molar-refractivity contribution in [3.8, 4) is 0 Å². The zero-order valence-corrected chi connectivity index (χ0v) is 9.72. The lowest BCUT2D eigenvalue weighted by Gasteiger charge is -1.95. The Balaban J connectivity index is 0. The van der Waals surface area contributed by atoms with Gasteiger partial charge in [-0.3, -0.25) is 4.79 Å². The minimum atomic E-state index is -5.08. The zero-order valence-electron chi connectivity index (χ0n) is 9.72. The summed E-state index contributed by atoms with van der Waals surface area (Å²) in [5.74, 6) is -2.93. The van der Waals surface area contributed by atoms with E-state index in [-0.39, 0.29) is 5.91 Å². The van der Waals surface area contributed by atoms with Gasteiger partial charge in [0, 0.05) is 6.42 Å². The number of halogens is 3. The third kappa shape index (κ3) is 17.3. The number of hydrogen-bond acceptors (Lipinski definition) is 2. The molecule has 0 radical (unpaired) electrons. The van der Waals surface area contributed by atoms with Crippen LogP contribution in [0.2, 0.25) is 0 Å². The van der Waals surface area contributed by atoms with E-state index in [1.807, 2.05) is 0 Å². The highest BCUT2D eigenvalue weighted by Gasteiger charge is 2.38. The van der Waals surface area contributed by atoms with Crippen molar-refractivity contribution in [3.05, 3.63) is 0 Å². The second-order valence-electron chi connectivity index (χ2n) is 3.43. The molecule has 0 rings (SSSR count). The van der Waals surface area contributed by atoms with Gasteiger partial charge in [0.05, 0.1) is 0 Å². The molecular weight excluding hydrogens is 239 g/mol. The van der Waals surface area contributed by atoms with Gasteiger partial charge in [0.1, 0.15) is 0 Å². The van der Waals surface area contributed by atoms with Crippen LogP contribution in [0.25, 0.3) is 0 Å². The SMILES string of the molecule is CCCCCCCC(N)=O.O=C(O)C(F)(F)F. The number of carbonyl (C=O) groups excluding carboxylic acids is 1. The first-order chi connectivity index (χ1) is 7.71. The van der Waals surface area contributed by atoms with Crippen LogP contribution in [0.1, 0.15) is 45.4 Å². The van der Waals surface area contributed by atoms with Crippen molar-refractivity contribution < 1.29 is 27.9 Å². The molecule has 0 heterocycles. The molecule has 0 bridgehead atoms. The van der Waals surface area contributed by atoms with Crippen LogP contribution in [0.3, 0.4) is 0 Å². The standard InChI is InChI=1S/C8H17NO.C2HF3O2/c1-2-3-4-5-6-7-8(9)10;3-2(4,5)1(6)7/h2-7H2,1H3,(H2,9,10);(H,6,7). The molecule has 7 heteroatoms. The Bertz CT molecular complexity index is 229. The number of alkyl halides is 3. The molecular formula is C10H18F3NO3. The van der Waals surface area contributed by atoms with Gasteiger partial charge in [-0.1, -0.05) is 32.6 Å². The van der Waals surface area contributed by atoms with Crippen molar-refractivity contribution in [3.63, 3.8) is 0 Å². The average molecular weight is 257 g/mol. The number of rotatable bonds is 6. The zero-order chi connectivity index (χ0) is 13.9. The molecule has 0 aromatic carbocycles. The minimum Gasteiger partial charge on any atom is -0.475 e. The fraction of sp³-hybridized carbons (Fsp3) is 0.800. The van der Waals surface area contributed by atoms with Crippen molar-refractivity contribution in [1.82, 2.24) is 0 Å². The van der Waals surface area contributed by atoms with E-state index in [0.29, 0.717) is 6.42 Å². The number of carboxylic acids is 1. The van der Waals surface area contributed by atoms with Crippen LogP contribution in [0.4, 0.5) is 13.2 Å². The van der Waals surface area contributed by atoms with Gasteiger partial charge in [-0.15, -0.1) is 0 Å². The van der Waals surface area contributed by atoms with Crippen LogP contribution in [0, 0.1) is 0 Å². The maximum absolute atomic E-state index is 10.6. The lowest BCUT2D eigenvalue weighted by atomic mass is 10.1. The summed E-state index contributed by atoms with van der Waals surface area (Å²) in [5.41, 5.74) is 4.97. The highest BCUT2D eigenvalue weighted by molar-refractivity contribution is 5.73. The Morgan fingerprint density at radius 2 is 1.53 bits per heavy atom. The second kappa shape index (κ2) is 9.92. The first-order valence-corrected chi connectivity index (χ1v) is 5.30. The first kappa shape index (κ1) is 18.1. The number of aliphatic carboxylic acids is 1. The van der Waals surface area contributed by atoms with Gasteiger partial charge >= 0.3 is 12.1 Å². The quantitative estimate of drug-likeness (QED) is 0.717. The van der Waals surface area contributed by atoms with Crippen LogP contribution in [0.15, 0.2) is 0 Å². The molecule has 17 heavy (non-hydrogen) atoms. The molecule has 0 saturated carbocycles. The molecule has 1 amide bonds. The summed E-state index contributed by atoms with van der Waals surface area (Å²) in [6.45, 7) is 2.17. The smallest absolute Gasteiger partial charge is 0.475 e. The van der Waals surface area contributed by atoms with Crippen LogP contribution in [-0.4, -0.2) is 23.2 Å². The third-order valence-corrected chi connectivity index (χ3v) is 1.77. The second-order valence-corrected chi connectivity index (χ2v) is 3.43. The van der Waals surface area contributed by atoms with Gasteiger partial charge in [-0.25, -0.2) is 4.79 Å². The van der Waals surface area contributed by atoms with E-state index < -0.39 is 12.1 Å². The van der Waals surface area contributed by atoms with Crippen molar-refractivity contribution in [1.29, 1.82) is 0 Å². The maximum atomic E-state index is 10.6. The van der Waals surface area contributed by atoms with Crippen LogP contribution in [0.5, 0.6) is 0 Å². The van der Waals surface area contributed by atoms with E-state index in [9.17, 15) is 18.0 Å². The normalized spacial score (nSPS) is 10.4. The Kier molecular flexibility index (Phi) is 10.6. The lowest BCUT2D eigenvalue weighted by molar-refractivity contribution is -0.192. The predicted molar refractivity (Wildman–Crippen MR) is 56.3 cm³/mol. The molecule has 0 aliphatic rings. The topological polar surface area (TPSA) is 80.4 Å². The molecule has 0 aromatic heterocycles. The molecule has 0 spiro atoms. The summed E-state index contributed by atoms with van der Waals surface area (Å²) in [4.78, 5) is 19.2. The van der Waals surface area contributed by atoms with E-state index >= 15 is 0 Å². The third-order valence-electron chi connectivity index (χ3n) is 1.77. The predicted octanol–water partition coefficient (Wildman–Crippen LogP) is 2.47. The number of hydrogen-bond donors (Lipinski definition) is 2. The Labute approximate surface area is 98.0 Å². The summed E-state index contributed by atoms with van der Waals surface area (Å²) in [6, 6.07) is 0. The first-order valence-electron chi connectivity index (χ1n) is 5.30. The van der Waals surface area contributed by atoms with E-state index in [0.717, 1.165) is 12.8 Å². The van der Waals surface area contributed by atoms with Gasteiger partial charge in [0.25, 0.3) is 0 Å². The van der Waals surface area contributed by atoms with Gasteiger partial charge in [-0.05, 0) is 6.42 Å². The van der Waals surface area contributed by atoms with Crippen molar-refractivity contribution in [2.75, 3.05) is 0 Å². The van der Waals surface area contributed by atoms with Gasteiger partial charge in [0.15, 0.2) is 0 Å². The largest absolute Gasteiger partial charge is 0.490 e. The van der Waals surface area contributed by atoms with Crippen molar-refractivity contribution in [2.24, 2.45) is 5.73 Å². The number of nitrogens with two attached hydrogens (primary N) is 1. The fourth-order valence-electron chi connectivity index (χ4n) is 0.903. The molecule has 0 aliphatic heterocycles. The highest BCUT2D eigenvalue weighted by Crippen LogP contribution is 2.13. The highest BCUT2D eigenvalue weighted by atomic mass is 19.4. The summed E-state index contributed by atoms with van der Waals surface area (Å²) in [7, 11) is 0. The van der Waals surface area contributed by atoms with Crippen molar-refractivity contribution >= 4 is 11.9 Å². The van der Waals surface area contributed by atoms with E-state index in [2.05, 4.69) is 6.92 Å². The van der Waals surface area contributed by atoms with Crippen LogP contribution in [-0.2, 0) is 9.59 Å². The van der Waals surface area contributed by atoms with Gasteiger partial charge in [0.2, 0.25) is 5.91 Å². The number of carboxylic acid groups (broad SMARTS) is 1. The molecule has 0 aliphatic carbocycles. The fourth-order valence-corrected chi connectivity index (χ4v) is 0.903. The molecule has 4 nitrogen and oxygen atoms in total. The van der Waals surface area contributed by atoms with E-state index in [4.69, 9.17) is 15.6 Å². The Hall–Kier alpha value is -1.27. The summed E-state index contributed by atoms with van der Waals surface area (Å²) >= 11 is 0. The molecule has 3 N–H and O–H groups in total. The molecule has 0 fully saturated rings. The number of carbonyl (C=O) groups is 2. The van der Waals surface area contributed by atoms with Crippen LogP contribution >= 0.6 is 0 Å². The molecule has 0 atom stereocenters. The lowest BCUT2D eigenvalue weighted by Crippen LogP contribution is -2.21. The van der Waals surface area contributed by atoms with E-state index in [1.165, 1.54) is 19.3 Å². The summed E-state index contributed by atoms with van der Waals surface area (Å²) in [6.07, 6.45) is 1.36. The van der Waals surface area contributed by atoms with Gasteiger partial charge < -0.3 is 10.8 Å². The average Bonchev–Trinajstić information content (AvgIpc) is 2.16. The minimum absolute atomic E-state index is 0.170. The molecule has 102 valence electrons. The summed E-state index contributed by atoms with van der Waals surface area (Å²) in [5, 5.41) is 7.12. The maximum Gasteiger partial charge on any atom is 0.490 e. The number of unbranched alkanes of at least 4 members (excludes halogenated alkanes) is 4. The van der Waals surface area contributed by atoms with E-state index in [1.54, 1.807) is 0 Å².